The molecular weight excluding hydrogens is 486 g/mol. The average Bonchev–Trinajstić information content (AvgIpc) is 3.12. The SMILES string of the molecule is C=C(C)NC[C@H]1CN(S(=O)(=O)c2c(C)nn3c2OCCC3)c2cc(NC(=O)OC(C)(C)C)ccc2O1. The minimum atomic E-state index is -4.10. The highest BCUT2D eigenvalue weighted by Crippen LogP contribution is 2.41. The molecule has 2 aliphatic rings. The van der Waals surface area contributed by atoms with Crippen LogP contribution in [-0.2, 0) is 21.3 Å². The number of aryl methyl sites for hydroxylation is 2. The smallest absolute Gasteiger partial charge is 0.412 e. The van der Waals surface area contributed by atoms with Crippen LogP contribution in [0.25, 0.3) is 0 Å². The number of carbonyl (C=O) groups is 1. The number of allylic oxidation sites excluding steroid dienone is 1. The molecule has 0 fully saturated rings. The molecule has 0 spiro atoms. The molecule has 1 atom stereocenters. The number of fused-ring (bicyclic) bond motifs is 2. The van der Waals surface area contributed by atoms with E-state index in [4.69, 9.17) is 14.2 Å². The van der Waals surface area contributed by atoms with Crippen molar-refractivity contribution in [1.82, 2.24) is 15.1 Å². The van der Waals surface area contributed by atoms with Gasteiger partial charge in [-0.2, -0.15) is 5.10 Å². The molecule has 11 nitrogen and oxygen atoms in total. The van der Waals surface area contributed by atoms with Crippen LogP contribution in [0.2, 0.25) is 0 Å². The van der Waals surface area contributed by atoms with Crippen molar-refractivity contribution < 1.29 is 27.4 Å². The second-order valence-electron chi connectivity index (χ2n) is 9.89. The topological polar surface area (TPSA) is 124 Å². The number of ether oxygens (including phenoxy) is 3. The number of carbonyl (C=O) groups excluding carboxylic acids is 1. The van der Waals surface area contributed by atoms with E-state index in [0.717, 1.165) is 12.1 Å². The molecule has 0 radical (unpaired) electrons. The maximum atomic E-state index is 14.1. The van der Waals surface area contributed by atoms with Gasteiger partial charge in [0.1, 0.15) is 17.5 Å². The Kier molecular flexibility index (Phi) is 6.82. The highest BCUT2D eigenvalue weighted by Gasteiger charge is 2.40. The van der Waals surface area contributed by atoms with Crippen LogP contribution in [0.1, 0.15) is 39.8 Å². The van der Waals surface area contributed by atoms with Gasteiger partial charge >= 0.3 is 6.09 Å². The zero-order chi connectivity index (χ0) is 26.3. The van der Waals surface area contributed by atoms with Crippen LogP contribution in [0.3, 0.4) is 0 Å². The molecule has 196 valence electrons. The molecular formula is C24H33N5O6S. The minimum absolute atomic E-state index is 0.0344. The summed E-state index contributed by atoms with van der Waals surface area (Å²) < 4.78 is 48.2. The fourth-order valence-electron chi connectivity index (χ4n) is 4.06. The fourth-order valence-corrected chi connectivity index (χ4v) is 5.84. The Balaban J connectivity index is 1.73. The summed E-state index contributed by atoms with van der Waals surface area (Å²) in [6, 6.07) is 4.83. The van der Waals surface area contributed by atoms with Gasteiger partial charge in [0.15, 0.2) is 4.90 Å². The lowest BCUT2D eigenvalue weighted by molar-refractivity contribution is 0.0636. The number of hydrogen-bond donors (Lipinski definition) is 2. The number of nitrogens with zero attached hydrogens (tertiary/aromatic N) is 3. The van der Waals surface area contributed by atoms with Gasteiger partial charge in [-0.3, -0.25) is 9.62 Å². The van der Waals surface area contributed by atoms with Gasteiger partial charge in [-0.25, -0.2) is 17.9 Å². The number of rotatable bonds is 6. The van der Waals surface area contributed by atoms with Gasteiger partial charge < -0.3 is 19.5 Å². The van der Waals surface area contributed by atoms with Crippen molar-refractivity contribution in [1.29, 1.82) is 0 Å². The first-order chi connectivity index (χ1) is 16.8. The predicted octanol–water partition coefficient (Wildman–Crippen LogP) is 3.40. The van der Waals surface area contributed by atoms with Gasteiger partial charge in [-0.05, 0) is 52.8 Å². The van der Waals surface area contributed by atoms with Gasteiger partial charge in [0.25, 0.3) is 10.0 Å². The van der Waals surface area contributed by atoms with E-state index in [1.54, 1.807) is 50.6 Å². The number of amides is 1. The standard InChI is InChI=1S/C24H33N5O6S/c1-15(2)25-13-18-14-29(36(31,32)21-16(3)27-28-10-7-11-33-22(21)28)19-12-17(8-9-20(19)34-18)26-23(30)35-24(4,5)6/h8-9,12,18,25H,1,7,10-11,13-14H2,2-6H3,(H,26,30)/t18-/m0/s1. The molecule has 0 unspecified atom stereocenters. The molecule has 2 N–H and O–H groups in total. The molecule has 1 amide bonds. The largest absolute Gasteiger partial charge is 0.484 e. The molecule has 4 rings (SSSR count). The van der Waals surface area contributed by atoms with Crippen LogP contribution < -0.4 is 24.4 Å². The lowest BCUT2D eigenvalue weighted by Gasteiger charge is -2.36. The van der Waals surface area contributed by atoms with Crippen molar-refractivity contribution in [3.63, 3.8) is 0 Å². The van der Waals surface area contributed by atoms with Crippen LogP contribution in [0.5, 0.6) is 11.6 Å². The Bertz CT molecular complexity index is 1280. The first-order valence-corrected chi connectivity index (χ1v) is 13.2. The number of aromatic nitrogens is 2. The number of benzene rings is 1. The Hall–Kier alpha value is -3.41. The summed E-state index contributed by atoms with van der Waals surface area (Å²) in [6.45, 7) is 14.0. The van der Waals surface area contributed by atoms with Crippen LogP contribution in [0.4, 0.5) is 16.2 Å². The molecule has 2 aliphatic heterocycles. The summed E-state index contributed by atoms with van der Waals surface area (Å²) in [5.74, 6) is 0.610. The molecule has 3 heterocycles. The van der Waals surface area contributed by atoms with E-state index in [1.165, 1.54) is 4.31 Å². The highest BCUT2D eigenvalue weighted by molar-refractivity contribution is 7.93. The van der Waals surface area contributed by atoms with E-state index in [1.807, 2.05) is 6.92 Å². The molecule has 12 heteroatoms. The van der Waals surface area contributed by atoms with Gasteiger partial charge in [0, 0.05) is 24.4 Å². The van der Waals surface area contributed by atoms with Crippen LogP contribution in [-0.4, -0.2) is 55.7 Å². The summed E-state index contributed by atoms with van der Waals surface area (Å²) in [5.41, 5.74) is 1.09. The summed E-state index contributed by atoms with van der Waals surface area (Å²) in [6.07, 6.45) is -0.379. The lowest BCUT2D eigenvalue weighted by Crippen LogP contribution is -2.47. The van der Waals surface area contributed by atoms with Crippen molar-refractivity contribution in [3.8, 4) is 11.6 Å². The number of hydrogen-bond acceptors (Lipinski definition) is 8. The van der Waals surface area contributed by atoms with Gasteiger partial charge in [-0.1, -0.05) is 6.58 Å². The fraction of sp³-hybridized carbons (Fsp3) is 0.500. The first kappa shape index (κ1) is 25.7. The molecule has 0 saturated carbocycles. The predicted molar refractivity (Wildman–Crippen MR) is 135 cm³/mol. The third-order valence-electron chi connectivity index (χ3n) is 5.50. The van der Waals surface area contributed by atoms with Gasteiger partial charge in [0.2, 0.25) is 5.88 Å². The summed E-state index contributed by atoms with van der Waals surface area (Å²) in [5, 5.41) is 10.2. The first-order valence-electron chi connectivity index (χ1n) is 11.8. The maximum Gasteiger partial charge on any atom is 0.412 e. The van der Waals surface area contributed by atoms with Crippen molar-refractivity contribution in [3.05, 3.63) is 36.2 Å². The van der Waals surface area contributed by atoms with Crippen molar-refractivity contribution in [2.24, 2.45) is 0 Å². The second-order valence-corrected chi connectivity index (χ2v) is 11.7. The quantitative estimate of drug-likeness (QED) is 0.595. The normalized spacial score (nSPS) is 17.2. The van der Waals surface area contributed by atoms with E-state index in [0.29, 0.717) is 42.5 Å². The molecule has 1 aromatic heterocycles. The number of sulfonamides is 1. The van der Waals surface area contributed by atoms with Crippen molar-refractivity contribution in [2.45, 2.75) is 64.2 Å². The minimum Gasteiger partial charge on any atom is -0.484 e. The third-order valence-corrected chi connectivity index (χ3v) is 7.41. The van der Waals surface area contributed by atoms with Crippen LogP contribution in [0.15, 0.2) is 35.4 Å². The van der Waals surface area contributed by atoms with E-state index < -0.39 is 27.8 Å². The molecule has 0 bridgehead atoms. The maximum absolute atomic E-state index is 14.1. The van der Waals surface area contributed by atoms with E-state index in [9.17, 15) is 13.2 Å². The molecule has 2 aromatic rings. The summed E-state index contributed by atoms with van der Waals surface area (Å²) >= 11 is 0. The highest BCUT2D eigenvalue weighted by atomic mass is 32.2. The Labute approximate surface area is 211 Å². The second kappa shape index (κ2) is 9.57. The van der Waals surface area contributed by atoms with Crippen molar-refractivity contribution in [2.75, 3.05) is 29.3 Å². The molecule has 1 aromatic carbocycles. The Morgan fingerprint density at radius 1 is 1.33 bits per heavy atom. The van der Waals surface area contributed by atoms with Crippen molar-refractivity contribution >= 4 is 27.5 Å². The lowest BCUT2D eigenvalue weighted by atomic mass is 10.2. The Morgan fingerprint density at radius 2 is 2.08 bits per heavy atom. The van der Waals surface area contributed by atoms with Gasteiger partial charge in [0.05, 0.1) is 31.1 Å². The number of nitrogens with one attached hydrogen (secondary N) is 2. The van der Waals surface area contributed by atoms with E-state index in [-0.39, 0.29) is 17.3 Å². The molecule has 0 saturated heterocycles. The molecule has 36 heavy (non-hydrogen) atoms. The average molecular weight is 520 g/mol. The summed E-state index contributed by atoms with van der Waals surface area (Å²) in [7, 11) is -4.10. The van der Waals surface area contributed by atoms with E-state index in [2.05, 4.69) is 22.3 Å². The third kappa shape index (κ3) is 5.38. The van der Waals surface area contributed by atoms with Crippen LogP contribution in [0, 0.1) is 6.92 Å². The monoisotopic (exact) mass is 519 g/mol. The number of anilines is 2. The summed E-state index contributed by atoms with van der Waals surface area (Å²) in [4.78, 5) is 12.4. The van der Waals surface area contributed by atoms with Crippen LogP contribution >= 0.6 is 0 Å². The molecule has 0 aliphatic carbocycles. The van der Waals surface area contributed by atoms with Gasteiger partial charge in [-0.15, -0.1) is 0 Å². The zero-order valence-corrected chi connectivity index (χ0v) is 22.1. The zero-order valence-electron chi connectivity index (χ0n) is 21.3. The Morgan fingerprint density at radius 3 is 2.78 bits per heavy atom. The van der Waals surface area contributed by atoms with E-state index >= 15 is 0 Å².